The van der Waals surface area contributed by atoms with E-state index in [2.05, 4.69) is 10.2 Å². The zero-order chi connectivity index (χ0) is 34.5. The highest BCUT2D eigenvalue weighted by Crippen LogP contribution is 2.28. The van der Waals surface area contributed by atoms with E-state index in [1.54, 1.807) is 13.8 Å². The van der Waals surface area contributed by atoms with Gasteiger partial charge in [0.15, 0.2) is 11.4 Å². The number of amides is 1. The quantitative estimate of drug-likeness (QED) is 0.141. The Balaban J connectivity index is 1.58. The number of carbonyl (C=O) groups excluding carboxylic acids is 3. The smallest absolute Gasteiger partial charge is 0.357 e. The Bertz CT molecular complexity index is 2060. The van der Waals surface area contributed by atoms with Crippen LogP contribution in [0.4, 0.5) is 5.69 Å². The third-order valence-electron chi connectivity index (χ3n) is 6.59. The molecule has 1 aliphatic heterocycles. The number of allylic oxidation sites excluding steroid dienone is 3. The Labute approximate surface area is 268 Å². The van der Waals surface area contributed by atoms with Gasteiger partial charge in [-0.15, -0.1) is 0 Å². The molecule has 1 amide bonds. The Morgan fingerprint density at radius 1 is 0.851 bits per heavy atom. The summed E-state index contributed by atoms with van der Waals surface area (Å²) in [4.78, 5) is 50.9. The van der Waals surface area contributed by atoms with Crippen molar-refractivity contribution in [2.24, 2.45) is 11.0 Å². The van der Waals surface area contributed by atoms with E-state index in [0.29, 0.717) is 0 Å². The Morgan fingerprint density at radius 2 is 1.38 bits per heavy atom. The van der Waals surface area contributed by atoms with Crippen molar-refractivity contribution in [1.82, 2.24) is 9.78 Å². The molecule has 0 bridgehead atoms. The van der Waals surface area contributed by atoms with Gasteiger partial charge in [0.05, 0.1) is 45.9 Å². The minimum absolute atomic E-state index is 0.0135. The van der Waals surface area contributed by atoms with Crippen molar-refractivity contribution in [3.05, 3.63) is 88.4 Å². The number of nitrogens with zero attached hydrogens (tertiary/aromatic N) is 3. The fraction of sp³-hybridized carbons (Fsp3) is 0.207. The highest BCUT2D eigenvalue weighted by molar-refractivity contribution is 7.86. The second-order valence-corrected chi connectivity index (χ2v) is 12.5. The van der Waals surface area contributed by atoms with Crippen LogP contribution in [-0.4, -0.2) is 72.5 Å². The molecule has 1 atom stereocenters. The average Bonchev–Trinajstić information content (AvgIpc) is 3.52. The number of rotatable bonds is 12. The van der Waals surface area contributed by atoms with E-state index in [0.717, 1.165) is 34.0 Å². The normalized spacial score (nSPS) is 15.4. The topological polar surface area (TPSA) is 232 Å². The molecule has 2 aromatic carbocycles. The van der Waals surface area contributed by atoms with Gasteiger partial charge in [-0.2, -0.15) is 26.9 Å². The molecule has 47 heavy (non-hydrogen) atoms. The molecule has 1 aromatic heterocycles. The minimum atomic E-state index is -4.48. The highest BCUT2D eigenvalue weighted by Gasteiger charge is 2.40. The van der Waals surface area contributed by atoms with Crippen LogP contribution in [0.5, 0.6) is 0 Å². The van der Waals surface area contributed by atoms with Crippen LogP contribution in [0, 0.1) is 5.92 Å². The molecule has 4 rings (SSSR count). The summed E-state index contributed by atoms with van der Waals surface area (Å²) in [7, 11) is -8.95. The maximum absolute atomic E-state index is 13.3. The summed E-state index contributed by atoms with van der Waals surface area (Å²) in [5, 5.41) is 7.67. The molecule has 0 aliphatic carbocycles. The molecule has 0 radical (unpaired) electrons. The lowest BCUT2D eigenvalue weighted by Crippen LogP contribution is -2.30. The summed E-state index contributed by atoms with van der Waals surface area (Å²) in [6, 6.07) is 9.27. The molecule has 1 aliphatic rings. The van der Waals surface area contributed by atoms with Crippen LogP contribution in [-0.2, 0) is 39.3 Å². The molecule has 0 fully saturated rings. The number of aromatic amines is 1. The molecular weight excluding hydrogens is 660 g/mol. The van der Waals surface area contributed by atoms with E-state index in [4.69, 9.17) is 9.47 Å². The average molecular weight is 689 g/mol. The number of nitrogens with one attached hydrogen (secondary N) is 1. The number of hydrazone groups is 1. The largest absolute Gasteiger partial charge is 0.461 e. The van der Waals surface area contributed by atoms with Gasteiger partial charge in [-0.25, -0.2) is 14.3 Å². The molecule has 1 unspecified atom stereocenters. The molecule has 3 N–H and O–H groups in total. The number of aromatic nitrogens is 2. The SMILES string of the molecule is CCOC(=O)C1=NN(c2ccc(S(=O)(=O)O)cc2)C(=O)C1C/C=C/C=C/c1c(C(=O)OCC)[nH]n(-c2ccc(S(=O)(=O)O)cc2)c1=O. The second-order valence-electron chi connectivity index (χ2n) is 9.63. The summed E-state index contributed by atoms with van der Waals surface area (Å²) in [5.74, 6) is -3.36. The Hall–Kier alpha value is -5.17. The summed E-state index contributed by atoms with van der Waals surface area (Å²) in [5.41, 5.74) is -0.877. The molecule has 0 spiro atoms. The van der Waals surface area contributed by atoms with Gasteiger partial charge in [-0.3, -0.25) is 23.8 Å². The molecule has 248 valence electrons. The zero-order valence-corrected chi connectivity index (χ0v) is 26.4. The summed E-state index contributed by atoms with van der Waals surface area (Å²) < 4.78 is 75.0. The van der Waals surface area contributed by atoms with Crippen LogP contribution in [0.25, 0.3) is 11.8 Å². The van der Waals surface area contributed by atoms with Crippen LogP contribution in [0.3, 0.4) is 0 Å². The van der Waals surface area contributed by atoms with E-state index in [9.17, 15) is 45.1 Å². The van der Waals surface area contributed by atoms with Crippen molar-refractivity contribution in [2.75, 3.05) is 18.2 Å². The first kappa shape index (κ1) is 34.7. The van der Waals surface area contributed by atoms with Gasteiger partial charge in [-0.1, -0.05) is 18.2 Å². The fourth-order valence-corrected chi connectivity index (χ4v) is 5.35. The second kappa shape index (κ2) is 14.1. The zero-order valence-electron chi connectivity index (χ0n) is 24.8. The third kappa shape index (κ3) is 7.80. The molecule has 3 aromatic rings. The number of esters is 2. The summed E-state index contributed by atoms with van der Waals surface area (Å²) in [6.45, 7) is 3.18. The molecule has 0 saturated carbocycles. The van der Waals surface area contributed by atoms with Gasteiger partial charge in [-0.05, 0) is 74.9 Å². The van der Waals surface area contributed by atoms with Crippen molar-refractivity contribution < 1.29 is 49.8 Å². The summed E-state index contributed by atoms with van der Waals surface area (Å²) >= 11 is 0. The first-order valence-electron chi connectivity index (χ1n) is 13.8. The van der Waals surface area contributed by atoms with Crippen LogP contribution >= 0.6 is 0 Å². The van der Waals surface area contributed by atoms with Gasteiger partial charge in [0, 0.05) is 0 Å². The number of hydrogen-bond acceptors (Lipinski definition) is 11. The van der Waals surface area contributed by atoms with Crippen molar-refractivity contribution >= 4 is 55.6 Å². The molecule has 18 heteroatoms. The van der Waals surface area contributed by atoms with Gasteiger partial charge < -0.3 is 9.47 Å². The standard InChI is InChI=1S/C29H28N4O12S2/c1-3-44-28(36)24-22(26(34)32(30-24)18-10-14-20(15-11-18)46(38,39)40)8-6-5-7-9-23-25(29(37)45-4-2)31-33(27(23)35)19-12-16-21(17-13-19)47(41,42)43/h5-8,10-17,23,30H,3-4,9H2,1-2H3,(H,38,39,40)(H,41,42,43)/b7-5+,8-6+. The first-order chi connectivity index (χ1) is 22.2. The van der Waals surface area contributed by atoms with E-state index in [1.807, 2.05) is 0 Å². The van der Waals surface area contributed by atoms with Gasteiger partial charge >= 0.3 is 11.9 Å². The number of hydrogen-bond donors (Lipinski definition) is 3. The number of H-pyrrole nitrogens is 1. The van der Waals surface area contributed by atoms with E-state index >= 15 is 0 Å². The van der Waals surface area contributed by atoms with E-state index in [-0.39, 0.29) is 48.0 Å². The first-order valence-corrected chi connectivity index (χ1v) is 16.7. The maximum Gasteiger partial charge on any atom is 0.357 e. The van der Waals surface area contributed by atoms with Crippen LogP contribution in [0.1, 0.15) is 36.3 Å². The predicted molar refractivity (Wildman–Crippen MR) is 166 cm³/mol. The van der Waals surface area contributed by atoms with Gasteiger partial charge in [0.25, 0.3) is 31.7 Å². The minimum Gasteiger partial charge on any atom is -0.461 e. The van der Waals surface area contributed by atoms with E-state index < -0.39 is 59.4 Å². The Kier molecular flexibility index (Phi) is 10.4. The van der Waals surface area contributed by atoms with Gasteiger partial charge in [0.1, 0.15) is 0 Å². The lowest BCUT2D eigenvalue weighted by molar-refractivity contribution is -0.135. The molecular formula is C29H28N4O12S2. The van der Waals surface area contributed by atoms with Crippen molar-refractivity contribution in [2.45, 2.75) is 30.1 Å². The highest BCUT2D eigenvalue weighted by atomic mass is 32.2. The third-order valence-corrected chi connectivity index (χ3v) is 8.32. The lowest BCUT2D eigenvalue weighted by atomic mass is 9.99. The van der Waals surface area contributed by atoms with Crippen molar-refractivity contribution in [3.8, 4) is 5.69 Å². The number of benzene rings is 2. The van der Waals surface area contributed by atoms with Gasteiger partial charge in [0.2, 0.25) is 0 Å². The Morgan fingerprint density at radius 3 is 1.91 bits per heavy atom. The van der Waals surface area contributed by atoms with Crippen molar-refractivity contribution in [3.63, 3.8) is 0 Å². The molecule has 16 nitrogen and oxygen atoms in total. The van der Waals surface area contributed by atoms with E-state index in [1.165, 1.54) is 48.6 Å². The molecule has 0 saturated heterocycles. The predicted octanol–water partition coefficient (Wildman–Crippen LogP) is 2.38. The lowest BCUT2D eigenvalue weighted by Gasteiger charge is -2.13. The van der Waals surface area contributed by atoms with Crippen LogP contribution in [0.2, 0.25) is 0 Å². The number of ether oxygens (including phenoxy) is 2. The summed E-state index contributed by atoms with van der Waals surface area (Å²) in [6.07, 6.45) is 5.66. The maximum atomic E-state index is 13.3. The van der Waals surface area contributed by atoms with Crippen LogP contribution < -0.4 is 10.6 Å². The van der Waals surface area contributed by atoms with Crippen molar-refractivity contribution in [1.29, 1.82) is 0 Å². The monoisotopic (exact) mass is 688 g/mol. The number of anilines is 1. The van der Waals surface area contributed by atoms with Crippen LogP contribution in [0.15, 0.2) is 86.4 Å². The molecule has 2 heterocycles. The number of carbonyl (C=O) groups is 3. The fourth-order valence-electron chi connectivity index (χ4n) is 4.39.